The zero-order valence-electron chi connectivity index (χ0n) is 11.6. The molecule has 0 unspecified atom stereocenters. The molecule has 19 heavy (non-hydrogen) atoms. The van der Waals surface area contributed by atoms with Gasteiger partial charge in [-0.25, -0.2) is 9.59 Å². The third kappa shape index (κ3) is 3.63. The van der Waals surface area contributed by atoms with E-state index in [-0.39, 0.29) is 6.54 Å². The number of urea groups is 1. The van der Waals surface area contributed by atoms with Crippen molar-refractivity contribution in [2.24, 2.45) is 5.92 Å². The van der Waals surface area contributed by atoms with E-state index in [0.717, 1.165) is 12.8 Å². The van der Waals surface area contributed by atoms with Crippen LogP contribution in [0.25, 0.3) is 0 Å². The number of carbonyl (C=O) groups excluding carboxylic acids is 1. The summed E-state index contributed by atoms with van der Waals surface area (Å²) in [5.41, 5.74) is -1.13. The average molecular weight is 266 g/mol. The molecule has 1 fully saturated rings. The molecule has 0 radical (unpaired) electrons. The molecule has 1 aliphatic carbocycles. The number of rotatable bonds is 4. The smallest absolute Gasteiger partial charge is 0.329 e. The number of amides is 2. The first-order valence-corrected chi connectivity index (χ1v) is 6.69. The van der Waals surface area contributed by atoms with Gasteiger partial charge in [0.1, 0.15) is 5.54 Å². The summed E-state index contributed by atoms with van der Waals surface area (Å²) in [6.45, 7) is 4.56. The SMILES string of the molecule is C#CCN(CC)C(=O)NC1(C(=O)O)CCC(C)CC1. The van der Waals surface area contributed by atoms with Crippen LogP contribution in [0.2, 0.25) is 0 Å². The quantitative estimate of drug-likeness (QED) is 0.761. The third-order valence-electron chi connectivity index (χ3n) is 3.83. The van der Waals surface area contributed by atoms with Gasteiger partial charge in [-0.1, -0.05) is 12.8 Å². The lowest BCUT2D eigenvalue weighted by atomic mass is 9.77. The summed E-state index contributed by atoms with van der Waals surface area (Å²) in [7, 11) is 0. The first kappa shape index (κ1) is 15.4. The summed E-state index contributed by atoms with van der Waals surface area (Å²) in [5.74, 6) is 1.96. The summed E-state index contributed by atoms with van der Waals surface area (Å²) in [5, 5.41) is 12.1. The van der Waals surface area contributed by atoms with Crippen LogP contribution in [0.3, 0.4) is 0 Å². The van der Waals surface area contributed by atoms with Crippen LogP contribution >= 0.6 is 0 Å². The summed E-state index contributed by atoms with van der Waals surface area (Å²) in [6, 6.07) is -0.391. The van der Waals surface area contributed by atoms with Crippen molar-refractivity contribution in [3.05, 3.63) is 0 Å². The van der Waals surface area contributed by atoms with Crippen molar-refractivity contribution in [1.29, 1.82) is 0 Å². The van der Waals surface area contributed by atoms with Gasteiger partial charge in [-0.2, -0.15) is 0 Å². The van der Waals surface area contributed by atoms with Crippen LogP contribution < -0.4 is 5.32 Å². The Balaban J connectivity index is 2.77. The molecule has 1 rings (SSSR count). The van der Waals surface area contributed by atoms with Gasteiger partial charge in [0, 0.05) is 6.54 Å². The van der Waals surface area contributed by atoms with Gasteiger partial charge >= 0.3 is 12.0 Å². The van der Waals surface area contributed by atoms with Gasteiger partial charge in [-0.3, -0.25) is 0 Å². The monoisotopic (exact) mass is 266 g/mol. The second-order valence-electron chi connectivity index (χ2n) is 5.22. The van der Waals surface area contributed by atoms with Gasteiger partial charge in [0.05, 0.1) is 6.54 Å². The Morgan fingerprint density at radius 2 is 2.05 bits per heavy atom. The van der Waals surface area contributed by atoms with E-state index in [0.29, 0.717) is 25.3 Å². The van der Waals surface area contributed by atoms with Crippen molar-refractivity contribution >= 4 is 12.0 Å². The molecule has 1 aliphatic rings. The van der Waals surface area contributed by atoms with E-state index < -0.39 is 17.5 Å². The maximum atomic E-state index is 12.1. The number of nitrogens with one attached hydrogen (secondary N) is 1. The molecular formula is C14H22N2O3. The van der Waals surface area contributed by atoms with Crippen molar-refractivity contribution in [3.8, 4) is 12.3 Å². The zero-order chi connectivity index (χ0) is 14.5. The van der Waals surface area contributed by atoms with E-state index in [1.807, 2.05) is 6.92 Å². The molecular weight excluding hydrogens is 244 g/mol. The van der Waals surface area contributed by atoms with Crippen LogP contribution in [0.4, 0.5) is 4.79 Å². The molecule has 0 spiro atoms. The predicted molar refractivity (Wildman–Crippen MR) is 72.6 cm³/mol. The van der Waals surface area contributed by atoms with E-state index in [2.05, 4.69) is 18.2 Å². The summed E-state index contributed by atoms with van der Waals surface area (Å²) in [4.78, 5) is 25.0. The fraction of sp³-hybridized carbons (Fsp3) is 0.714. The lowest BCUT2D eigenvalue weighted by molar-refractivity contribution is -0.146. The molecule has 5 nitrogen and oxygen atoms in total. The maximum absolute atomic E-state index is 12.1. The Morgan fingerprint density at radius 1 is 1.47 bits per heavy atom. The molecule has 0 atom stereocenters. The van der Waals surface area contributed by atoms with Crippen molar-refractivity contribution < 1.29 is 14.7 Å². The highest BCUT2D eigenvalue weighted by atomic mass is 16.4. The third-order valence-corrected chi connectivity index (χ3v) is 3.83. The Hall–Kier alpha value is -1.70. The van der Waals surface area contributed by atoms with Crippen molar-refractivity contribution in [3.63, 3.8) is 0 Å². The summed E-state index contributed by atoms with van der Waals surface area (Å²) >= 11 is 0. The molecule has 0 aliphatic heterocycles. The van der Waals surface area contributed by atoms with Gasteiger partial charge in [0.25, 0.3) is 0 Å². The van der Waals surface area contributed by atoms with Gasteiger partial charge in [0.15, 0.2) is 0 Å². The van der Waals surface area contributed by atoms with Crippen LogP contribution in [0.15, 0.2) is 0 Å². The standard InChI is InChI=1S/C14H22N2O3/c1-4-10-16(5-2)13(19)15-14(12(17)18)8-6-11(3)7-9-14/h1,11H,5-10H2,2-3H3,(H,15,19)(H,17,18). The highest BCUT2D eigenvalue weighted by Crippen LogP contribution is 2.32. The van der Waals surface area contributed by atoms with E-state index in [1.54, 1.807) is 0 Å². The number of terminal acetylenes is 1. The molecule has 1 saturated carbocycles. The van der Waals surface area contributed by atoms with Gasteiger partial charge in [-0.05, 0) is 38.5 Å². The predicted octanol–water partition coefficient (Wildman–Crippen LogP) is 1.68. The fourth-order valence-electron chi connectivity index (χ4n) is 2.37. The largest absolute Gasteiger partial charge is 0.480 e. The van der Waals surface area contributed by atoms with E-state index in [1.165, 1.54) is 4.90 Å². The molecule has 0 aromatic heterocycles. The molecule has 5 heteroatoms. The average Bonchev–Trinajstić information content (AvgIpc) is 2.38. The number of hydrogen-bond acceptors (Lipinski definition) is 2. The van der Waals surface area contributed by atoms with Crippen LogP contribution in [0, 0.1) is 18.3 Å². The summed E-state index contributed by atoms with van der Waals surface area (Å²) < 4.78 is 0. The minimum Gasteiger partial charge on any atom is -0.480 e. The molecule has 106 valence electrons. The lowest BCUT2D eigenvalue weighted by Crippen LogP contribution is -2.59. The Labute approximate surface area is 114 Å². The molecule has 0 saturated heterocycles. The van der Waals surface area contributed by atoms with Gasteiger partial charge in [0.2, 0.25) is 0 Å². The Bertz CT molecular complexity index is 379. The molecule has 0 aromatic rings. The molecule has 2 amide bonds. The highest BCUT2D eigenvalue weighted by molar-refractivity contribution is 5.86. The van der Waals surface area contributed by atoms with Gasteiger partial charge in [-0.15, -0.1) is 6.42 Å². The Kier molecular flexibility index (Phi) is 5.22. The molecule has 0 bridgehead atoms. The van der Waals surface area contributed by atoms with E-state index in [4.69, 9.17) is 6.42 Å². The topological polar surface area (TPSA) is 69.6 Å². The van der Waals surface area contributed by atoms with E-state index >= 15 is 0 Å². The molecule has 2 N–H and O–H groups in total. The highest BCUT2D eigenvalue weighted by Gasteiger charge is 2.43. The van der Waals surface area contributed by atoms with Crippen LogP contribution in [0.1, 0.15) is 39.5 Å². The number of hydrogen-bond donors (Lipinski definition) is 2. The summed E-state index contributed by atoms with van der Waals surface area (Å²) in [6.07, 6.45) is 7.78. The first-order chi connectivity index (χ1) is 8.95. The normalized spacial score (nSPS) is 26.3. The van der Waals surface area contributed by atoms with Crippen molar-refractivity contribution in [2.75, 3.05) is 13.1 Å². The number of aliphatic carboxylic acids is 1. The number of carbonyl (C=O) groups is 2. The zero-order valence-corrected chi connectivity index (χ0v) is 11.6. The van der Waals surface area contributed by atoms with Crippen LogP contribution in [0.5, 0.6) is 0 Å². The second kappa shape index (κ2) is 6.46. The molecule has 0 aromatic carbocycles. The van der Waals surface area contributed by atoms with Crippen LogP contribution in [-0.4, -0.2) is 40.6 Å². The van der Waals surface area contributed by atoms with Crippen molar-refractivity contribution in [2.45, 2.75) is 45.1 Å². The lowest BCUT2D eigenvalue weighted by Gasteiger charge is -2.37. The van der Waals surface area contributed by atoms with Gasteiger partial charge < -0.3 is 15.3 Å². The minimum absolute atomic E-state index is 0.189. The van der Waals surface area contributed by atoms with E-state index in [9.17, 15) is 14.7 Å². The van der Waals surface area contributed by atoms with Crippen molar-refractivity contribution in [1.82, 2.24) is 10.2 Å². The number of nitrogens with zero attached hydrogens (tertiary/aromatic N) is 1. The Morgan fingerprint density at radius 3 is 2.47 bits per heavy atom. The molecule has 0 heterocycles. The number of carboxylic acids is 1. The fourth-order valence-corrected chi connectivity index (χ4v) is 2.37. The minimum atomic E-state index is -1.13. The first-order valence-electron chi connectivity index (χ1n) is 6.69. The number of carboxylic acid groups (broad SMARTS) is 1. The van der Waals surface area contributed by atoms with Crippen LogP contribution in [-0.2, 0) is 4.79 Å². The second-order valence-corrected chi connectivity index (χ2v) is 5.22. The maximum Gasteiger partial charge on any atom is 0.329 e.